The number of hydrogen-bond donors (Lipinski definition) is 1. The van der Waals surface area contributed by atoms with E-state index in [2.05, 4.69) is 20.2 Å². The average molecular weight is 328 g/mol. The van der Waals surface area contributed by atoms with Gasteiger partial charge in [0.05, 0.1) is 23.4 Å². The molecule has 118 valence electrons. The molecule has 3 aromatic rings. The maximum atomic E-state index is 9.70. The number of hydrogen-bond acceptors (Lipinski definition) is 7. The van der Waals surface area contributed by atoms with Crippen LogP contribution in [-0.4, -0.2) is 21.7 Å². The molecule has 0 spiro atoms. The van der Waals surface area contributed by atoms with Crippen LogP contribution in [0.4, 0.5) is 5.82 Å². The predicted molar refractivity (Wildman–Crippen MR) is 89.6 cm³/mol. The molecule has 3 rings (SSSR count). The number of azo groups is 1. The zero-order chi connectivity index (χ0) is 16.2. The van der Waals surface area contributed by atoms with Gasteiger partial charge in [0.15, 0.2) is 17.3 Å². The van der Waals surface area contributed by atoms with E-state index in [1.807, 2.05) is 19.2 Å². The number of phenols is 1. The Morgan fingerprint density at radius 2 is 2.17 bits per heavy atom. The Balaban J connectivity index is 1.79. The van der Waals surface area contributed by atoms with Crippen molar-refractivity contribution in [1.82, 2.24) is 9.97 Å². The molecule has 0 saturated carbocycles. The smallest absolute Gasteiger partial charge is 0.195 e. The lowest BCUT2D eigenvalue weighted by molar-refractivity contribution is 0.318. The molecular weight excluding hydrogens is 312 g/mol. The van der Waals surface area contributed by atoms with Crippen molar-refractivity contribution >= 4 is 27.4 Å². The third kappa shape index (κ3) is 3.29. The Morgan fingerprint density at radius 3 is 3.00 bits per heavy atom. The summed E-state index contributed by atoms with van der Waals surface area (Å²) in [6.45, 7) is 4.76. The van der Waals surface area contributed by atoms with Crippen molar-refractivity contribution in [3.8, 4) is 11.5 Å². The third-order valence-corrected chi connectivity index (χ3v) is 4.34. The summed E-state index contributed by atoms with van der Waals surface area (Å²) >= 11 is 1.57. The fraction of sp³-hybridized carbons (Fsp3) is 0.250. The van der Waals surface area contributed by atoms with Crippen molar-refractivity contribution in [3.05, 3.63) is 41.0 Å². The lowest BCUT2D eigenvalue weighted by Gasteiger charge is -2.06. The molecule has 0 bridgehead atoms. The first-order valence-electron chi connectivity index (χ1n) is 7.20. The summed E-state index contributed by atoms with van der Waals surface area (Å²) in [5.41, 5.74) is 2.94. The highest BCUT2D eigenvalue weighted by atomic mass is 32.1. The van der Waals surface area contributed by atoms with Crippen molar-refractivity contribution in [2.24, 2.45) is 10.2 Å². The summed E-state index contributed by atoms with van der Waals surface area (Å²) in [6, 6.07) is 5.16. The summed E-state index contributed by atoms with van der Waals surface area (Å²) in [6.07, 6.45) is 1.50. The fourth-order valence-electron chi connectivity index (χ4n) is 2.14. The summed E-state index contributed by atoms with van der Waals surface area (Å²) in [7, 11) is 0. The Kier molecular flexibility index (Phi) is 4.47. The number of aromatic nitrogens is 2. The monoisotopic (exact) mass is 328 g/mol. The van der Waals surface area contributed by atoms with Gasteiger partial charge in [-0.3, -0.25) is 0 Å². The molecule has 7 heteroatoms. The molecule has 0 aliphatic rings. The molecule has 0 radical (unpaired) electrons. The number of nitrogens with zero attached hydrogens (tertiary/aromatic N) is 4. The van der Waals surface area contributed by atoms with Gasteiger partial charge in [-0.2, -0.15) is 5.11 Å². The van der Waals surface area contributed by atoms with Gasteiger partial charge in [-0.15, -0.1) is 16.5 Å². The number of benzene rings is 1. The van der Waals surface area contributed by atoms with Gasteiger partial charge in [-0.1, -0.05) is 6.07 Å². The highest BCUT2D eigenvalue weighted by Crippen LogP contribution is 2.31. The molecule has 0 saturated heterocycles. The summed E-state index contributed by atoms with van der Waals surface area (Å²) < 4.78 is 6.30. The first-order valence-corrected chi connectivity index (χ1v) is 8.08. The SMILES string of the molecule is CCOc1cc(CN=Nc2ncnc3c(C)csc23)ccc1O. The molecule has 1 aromatic carbocycles. The van der Waals surface area contributed by atoms with E-state index < -0.39 is 0 Å². The second-order valence-corrected chi connectivity index (χ2v) is 5.81. The summed E-state index contributed by atoms with van der Waals surface area (Å²) in [4.78, 5) is 8.45. The fourth-order valence-corrected chi connectivity index (χ4v) is 3.07. The zero-order valence-electron chi connectivity index (χ0n) is 12.9. The van der Waals surface area contributed by atoms with Crippen molar-refractivity contribution in [2.45, 2.75) is 20.4 Å². The quantitative estimate of drug-likeness (QED) is 0.704. The molecular formula is C16H16N4O2S. The van der Waals surface area contributed by atoms with E-state index in [9.17, 15) is 5.11 Å². The zero-order valence-corrected chi connectivity index (χ0v) is 13.7. The lowest BCUT2D eigenvalue weighted by atomic mass is 10.2. The molecule has 1 N–H and O–H groups in total. The normalized spacial score (nSPS) is 11.4. The summed E-state index contributed by atoms with van der Waals surface area (Å²) in [5.74, 6) is 1.16. The van der Waals surface area contributed by atoms with E-state index in [0.29, 0.717) is 24.7 Å². The van der Waals surface area contributed by atoms with Crippen LogP contribution in [-0.2, 0) is 6.54 Å². The number of rotatable bonds is 5. The minimum absolute atomic E-state index is 0.124. The van der Waals surface area contributed by atoms with Gasteiger partial charge in [-0.25, -0.2) is 9.97 Å². The number of aromatic hydroxyl groups is 1. The average Bonchev–Trinajstić information content (AvgIpc) is 2.93. The van der Waals surface area contributed by atoms with Crippen molar-refractivity contribution < 1.29 is 9.84 Å². The van der Waals surface area contributed by atoms with Crippen LogP contribution in [0.15, 0.2) is 40.1 Å². The van der Waals surface area contributed by atoms with E-state index in [1.54, 1.807) is 29.5 Å². The molecule has 0 amide bonds. The Labute approximate surface area is 137 Å². The van der Waals surface area contributed by atoms with E-state index in [4.69, 9.17) is 4.74 Å². The Bertz CT molecular complexity index is 860. The van der Waals surface area contributed by atoms with Gasteiger partial charge in [0, 0.05) is 0 Å². The molecule has 0 unspecified atom stereocenters. The van der Waals surface area contributed by atoms with Gasteiger partial charge in [0.1, 0.15) is 6.33 Å². The topological polar surface area (TPSA) is 80.0 Å². The molecule has 6 nitrogen and oxygen atoms in total. The number of fused-ring (bicyclic) bond motifs is 1. The van der Waals surface area contributed by atoms with Gasteiger partial charge < -0.3 is 9.84 Å². The van der Waals surface area contributed by atoms with Gasteiger partial charge >= 0.3 is 0 Å². The highest BCUT2D eigenvalue weighted by molar-refractivity contribution is 7.17. The van der Waals surface area contributed by atoms with Gasteiger partial charge in [0.25, 0.3) is 0 Å². The first-order chi connectivity index (χ1) is 11.2. The van der Waals surface area contributed by atoms with E-state index in [1.165, 1.54) is 6.33 Å². The largest absolute Gasteiger partial charge is 0.504 e. The van der Waals surface area contributed by atoms with Crippen LogP contribution in [0.5, 0.6) is 11.5 Å². The van der Waals surface area contributed by atoms with Crippen molar-refractivity contribution in [2.75, 3.05) is 6.61 Å². The standard InChI is InChI=1S/C16H16N4O2S/c1-3-22-13-6-11(4-5-12(13)21)7-19-20-16-15-14(17-9-18-16)10(2)8-23-15/h4-6,8-9,21H,3,7H2,1-2H3. The van der Waals surface area contributed by atoms with Crippen LogP contribution in [0.25, 0.3) is 10.2 Å². The van der Waals surface area contributed by atoms with E-state index in [0.717, 1.165) is 21.3 Å². The van der Waals surface area contributed by atoms with Crippen LogP contribution in [0.3, 0.4) is 0 Å². The second kappa shape index (κ2) is 6.70. The molecule has 23 heavy (non-hydrogen) atoms. The van der Waals surface area contributed by atoms with Crippen molar-refractivity contribution in [1.29, 1.82) is 0 Å². The van der Waals surface area contributed by atoms with Gasteiger partial charge in [-0.05, 0) is 42.5 Å². The molecule has 0 atom stereocenters. The molecule has 2 aromatic heterocycles. The predicted octanol–water partition coefficient (Wildman–Crippen LogP) is 4.39. The number of thiophene rings is 1. The molecule has 0 aliphatic heterocycles. The van der Waals surface area contributed by atoms with Crippen LogP contribution in [0, 0.1) is 6.92 Å². The summed E-state index contributed by atoms with van der Waals surface area (Å²) in [5, 5.41) is 20.2. The van der Waals surface area contributed by atoms with Crippen LogP contribution in [0.2, 0.25) is 0 Å². The van der Waals surface area contributed by atoms with Crippen molar-refractivity contribution in [3.63, 3.8) is 0 Å². The van der Waals surface area contributed by atoms with E-state index >= 15 is 0 Å². The van der Waals surface area contributed by atoms with Crippen LogP contribution in [0.1, 0.15) is 18.1 Å². The Morgan fingerprint density at radius 1 is 1.30 bits per heavy atom. The second-order valence-electron chi connectivity index (χ2n) is 4.93. The first kappa shape index (κ1) is 15.4. The number of aryl methyl sites for hydroxylation is 1. The molecule has 0 fully saturated rings. The minimum atomic E-state index is 0.124. The van der Waals surface area contributed by atoms with Gasteiger partial charge in [0.2, 0.25) is 0 Å². The number of ether oxygens (including phenoxy) is 1. The Hall–Kier alpha value is -2.54. The van der Waals surface area contributed by atoms with Crippen LogP contribution < -0.4 is 4.74 Å². The third-order valence-electron chi connectivity index (χ3n) is 3.25. The molecule has 2 heterocycles. The minimum Gasteiger partial charge on any atom is -0.504 e. The maximum absolute atomic E-state index is 9.70. The number of phenolic OH excluding ortho intramolecular Hbond substituents is 1. The lowest BCUT2D eigenvalue weighted by Crippen LogP contribution is -1.93. The maximum Gasteiger partial charge on any atom is 0.195 e. The van der Waals surface area contributed by atoms with E-state index in [-0.39, 0.29) is 5.75 Å². The highest BCUT2D eigenvalue weighted by Gasteiger charge is 2.07. The molecule has 0 aliphatic carbocycles. The van der Waals surface area contributed by atoms with Crippen LogP contribution >= 0.6 is 11.3 Å².